The summed E-state index contributed by atoms with van der Waals surface area (Å²) in [6.07, 6.45) is 5.41. The summed E-state index contributed by atoms with van der Waals surface area (Å²) in [5, 5.41) is 10.6. The zero-order valence-electron chi connectivity index (χ0n) is 7.88. The second-order valence-corrected chi connectivity index (χ2v) is 2.60. The van der Waals surface area contributed by atoms with Gasteiger partial charge in [0, 0.05) is 0 Å². The van der Waals surface area contributed by atoms with Crippen molar-refractivity contribution in [1.82, 2.24) is 9.97 Å². The van der Waals surface area contributed by atoms with Crippen molar-refractivity contribution in [3.8, 4) is 18.2 Å². The highest BCUT2D eigenvalue weighted by atomic mass is 16.6. The van der Waals surface area contributed by atoms with E-state index in [1.807, 2.05) is 0 Å². The van der Waals surface area contributed by atoms with Crippen LogP contribution in [0.5, 0.6) is 5.88 Å². The molecule has 0 spiro atoms. The molecule has 0 saturated heterocycles. The summed E-state index contributed by atoms with van der Waals surface area (Å²) >= 11 is 0. The molecule has 1 aromatic rings. The maximum Gasteiger partial charge on any atom is 0.349 e. The van der Waals surface area contributed by atoms with E-state index in [9.17, 15) is 10.1 Å². The largest absolute Gasteiger partial charge is 0.456 e. The summed E-state index contributed by atoms with van der Waals surface area (Å²) in [5.74, 6) is 1.92. The van der Waals surface area contributed by atoms with Crippen molar-refractivity contribution in [2.24, 2.45) is 0 Å². The minimum absolute atomic E-state index is 0.111. The molecule has 1 rings (SSSR count). The van der Waals surface area contributed by atoms with Gasteiger partial charge in [-0.15, -0.1) is 6.42 Å². The molecule has 0 saturated carbocycles. The van der Waals surface area contributed by atoms with E-state index in [0.29, 0.717) is 0 Å². The van der Waals surface area contributed by atoms with E-state index in [0.717, 1.165) is 6.20 Å². The van der Waals surface area contributed by atoms with E-state index in [2.05, 4.69) is 15.9 Å². The summed E-state index contributed by atoms with van der Waals surface area (Å²) in [5.41, 5.74) is 4.90. The van der Waals surface area contributed by atoms with Crippen LogP contribution < -0.4 is 10.5 Å². The molecule has 0 fully saturated rings. The summed E-state index contributed by atoms with van der Waals surface area (Å²) in [6.45, 7) is 1.56. The number of aromatic nitrogens is 2. The number of rotatable bonds is 3. The fourth-order valence-electron chi connectivity index (χ4n) is 0.786. The highest BCUT2D eigenvalue weighted by molar-refractivity contribution is 5.41. The predicted molar refractivity (Wildman–Crippen MR) is 52.0 cm³/mol. The molecule has 0 amide bonds. The molecule has 0 aromatic carbocycles. The Hall–Kier alpha value is -2.36. The fraction of sp³-hybridized carbons (Fsp3) is 0.250. The Kier molecular flexibility index (Phi) is 3.03. The number of anilines is 1. The lowest BCUT2D eigenvalue weighted by Gasteiger charge is -2.07. The molecular weight excluding hydrogens is 200 g/mol. The van der Waals surface area contributed by atoms with Crippen LogP contribution >= 0.6 is 0 Å². The second-order valence-electron chi connectivity index (χ2n) is 2.60. The average molecular weight is 208 g/mol. The fourth-order valence-corrected chi connectivity index (χ4v) is 0.786. The molecule has 0 aliphatic heterocycles. The van der Waals surface area contributed by atoms with Crippen molar-refractivity contribution in [1.29, 1.82) is 0 Å². The minimum atomic E-state index is -0.669. The highest BCUT2D eigenvalue weighted by Gasteiger charge is 2.19. The summed E-state index contributed by atoms with van der Waals surface area (Å²) in [4.78, 5) is 17.0. The number of terminal acetylenes is 1. The normalized spacial score (nSPS) is 11.5. The zero-order valence-corrected chi connectivity index (χ0v) is 7.88. The lowest BCUT2D eigenvalue weighted by atomic mass is 10.4. The third-order valence-electron chi connectivity index (χ3n) is 1.47. The Morgan fingerprint density at radius 1 is 1.80 bits per heavy atom. The van der Waals surface area contributed by atoms with Gasteiger partial charge >= 0.3 is 5.69 Å². The van der Waals surface area contributed by atoms with Crippen molar-refractivity contribution >= 4 is 11.6 Å². The van der Waals surface area contributed by atoms with Crippen molar-refractivity contribution in [3.63, 3.8) is 0 Å². The van der Waals surface area contributed by atoms with Crippen LogP contribution in [0.2, 0.25) is 0 Å². The van der Waals surface area contributed by atoms with Gasteiger partial charge in [0.2, 0.25) is 5.95 Å². The molecule has 1 heterocycles. The number of hydrogen-bond donors (Lipinski definition) is 1. The Bertz CT molecular complexity index is 426. The van der Waals surface area contributed by atoms with Crippen molar-refractivity contribution < 1.29 is 9.66 Å². The average Bonchev–Trinajstić information content (AvgIpc) is 2.17. The van der Waals surface area contributed by atoms with Gasteiger partial charge in [-0.1, -0.05) is 5.92 Å². The topological polar surface area (TPSA) is 104 Å². The van der Waals surface area contributed by atoms with Gasteiger partial charge in [0.15, 0.2) is 6.10 Å². The van der Waals surface area contributed by atoms with Crippen LogP contribution in [-0.2, 0) is 0 Å². The molecule has 0 aliphatic carbocycles. The maximum atomic E-state index is 10.6. The summed E-state index contributed by atoms with van der Waals surface area (Å²) < 4.78 is 5.03. The SMILES string of the molecule is C#CC(C)Oc1nc(N)ncc1[N+](=O)[O-]. The minimum Gasteiger partial charge on any atom is -0.456 e. The van der Waals surface area contributed by atoms with E-state index in [1.54, 1.807) is 6.92 Å². The van der Waals surface area contributed by atoms with Crippen LogP contribution in [0, 0.1) is 22.5 Å². The first-order chi connectivity index (χ1) is 7.04. The van der Waals surface area contributed by atoms with E-state index >= 15 is 0 Å². The highest BCUT2D eigenvalue weighted by Crippen LogP contribution is 2.24. The Labute approximate surface area is 85.4 Å². The van der Waals surface area contributed by atoms with Gasteiger partial charge in [-0.3, -0.25) is 10.1 Å². The van der Waals surface area contributed by atoms with E-state index in [4.69, 9.17) is 16.9 Å². The predicted octanol–water partition coefficient (Wildman–Crippen LogP) is 0.367. The molecular formula is C8H8N4O3. The molecule has 1 unspecified atom stereocenters. The lowest BCUT2D eigenvalue weighted by Crippen LogP contribution is -2.12. The molecule has 1 atom stereocenters. The van der Waals surface area contributed by atoms with Gasteiger partial charge in [-0.05, 0) is 6.92 Å². The molecule has 0 radical (unpaired) electrons. The molecule has 1 aromatic heterocycles. The second kappa shape index (κ2) is 4.23. The van der Waals surface area contributed by atoms with E-state index in [-0.39, 0.29) is 17.5 Å². The first kappa shape index (κ1) is 10.7. The lowest BCUT2D eigenvalue weighted by molar-refractivity contribution is -0.386. The van der Waals surface area contributed by atoms with Crippen molar-refractivity contribution in [2.75, 3.05) is 5.73 Å². The molecule has 0 aliphatic rings. The van der Waals surface area contributed by atoms with Crippen LogP contribution in [0.15, 0.2) is 6.20 Å². The molecule has 15 heavy (non-hydrogen) atoms. The van der Waals surface area contributed by atoms with Crippen molar-refractivity contribution in [2.45, 2.75) is 13.0 Å². The van der Waals surface area contributed by atoms with E-state index in [1.165, 1.54) is 0 Å². The van der Waals surface area contributed by atoms with Crippen LogP contribution in [0.4, 0.5) is 11.6 Å². The zero-order chi connectivity index (χ0) is 11.4. The quantitative estimate of drug-likeness (QED) is 0.437. The van der Waals surface area contributed by atoms with Gasteiger partial charge in [0.1, 0.15) is 6.20 Å². The maximum absolute atomic E-state index is 10.6. The van der Waals surface area contributed by atoms with Gasteiger partial charge in [0.25, 0.3) is 5.88 Å². The molecule has 0 bridgehead atoms. The van der Waals surface area contributed by atoms with Crippen molar-refractivity contribution in [3.05, 3.63) is 16.3 Å². The number of hydrogen-bond acceptors (Lipinski definition) is 6. The van der Waals surface area contributed by atoms with Crippen LogP contribution in [-0.4, -0.2) is 21.0 Å². The molecule has 7 heteroatoms. The van der Waals surface area contributed by atoms with Gasteiger partial charge in [0.05, 0.1) is 4.92 Å². The Morgan fingerprint density at radius 2 is 2.47 bits per heavy atom. The number of nitrogens with zero attached hydrogens (tertiary/aromatic N) is 3. The van der Waals surface area contributed by atoms with Crippen LogP contribution in [0.3, 0.4) is 0 Å². The van der Waals surface area contributed by atoms with Gasteiger partial charge in [-0.2, -0.15) is 4.98 Å². The van der Waals surface area contributed by atoms with Crippen LogP contribution in [0.1, 0.15) is 6.92 Å². The number of nitrogen functional groups attached to an aromatic ring is 1. The standard InChI is InChI=1S/C8H8N4O3/c1-3-5(2)15-7-6(12(13)14)4-10-8(9)11-7/h1,4-5H,2H3,(H2,9,10,11). The van der Waals surface area contributed by atoms with Gasteiger partial charge in [-0.25, -0.2) is 4.98 Å². The smallest absolute Gasteiger partial charge is 0.349 e. The van der Waals surface area contributed by atoms with Crippen LogP contribution in [0.25, 0.3) is 0 Å². The first-order valence-corrected chi connectivity index (χ1v) is 3.94. The summed E-state index contributed by atoms with van der Waals surface area (Å²) in [7, 11) is 0. The number of nitro groups is 1. The van der Waals surface area contributed by atoms with Gasteiger partial charge < -0.3 is 10.5 Å². The third-order valence-corrected chi connectivity index (χ3v) is 1.47. The molecule has 7 nitrogen and oxygen atoms in total. The Morgan fingerprint density at radius 3 is 3.00 bits per heavy atom. The first-order valence-electron chi connectivity index (χ1n) is 3.94. The molecule has 2 N–H and O–H groups in total. The molecule has 78 valence electrons. The monoisotopic (exact) mass is 208 g/mol. The number of nitrogens with two attached hydrogens (primary N) is 1. The summed E-state index contributed by atoms with van der Waals surface area (Å²) in [6, 6.07) is 0. The third kappa shape index (κ3) is 2.54. The Balaban J connectivity index is 3.08. The van der Waals surface area contributed by atoms with E-state index < -0.39 is 11.0 Å². The number of ether oxygens (including phenoxy) is 1.